The fraction of sp³-hybridized carbons (Fsp3) is 0.200. The first-order valence-corrected chi connectivity index (χ1v) is 8.97. The summed E-state index contributed by atoms with van der Waals surface area (Å²) in [5.74, 6) is 1.19. The van der Waals surface area contributed by atoms with Crippen molar-refractivity contribution in [1.82, 2.24) is 15.5 Å². The van der Waals surface area contributed by atoms with Crippen molar-refractivity contribution in [3.8, 4) is 17.6 Å². The molecular weight excluding hydrogens is 383 g/mol. The Hall–Kier alpha value is -2.52. The molecule has 1 aromatic carbocycles. The van der Waals surface area contributed by atoms with Gasteiger partial charge in [-0.05, 0) is 38.1 Å². The number of ether oxygens (including phenoxy) is 1. The Kier molecular flexibility index (Phi) is 7.68. The van der Waals surface area contributed by atoms with Crippen LogP contribution in [0.1, 0.15) is 18.3 Å². The number of nitrogens with one attached hydrogen (secondary N) is 2. The number of nitriles is 1. The molecule has 0 fully saturated rings. The third-order valence-electron chi connectivity index (χ3n) is 3.61. The van der Waals surface area contributed by atoms with E-state index in [1.807, 2.05) is 19.9 Å². The highest BCUT2D eigenvalue weighted by atomic mass is 35.5. The van der Waals surface area contributed by atoms with E-state index in [1.54, 1.807) is 24.3 Å². The fourth-order valence-corrected chi connectivity index (χ4v) is 2.76. The highest BCUT2D eigenvalue weighted by molar-refractivity contribution is 6.34. The molecule has 7 heteroatoms. The van der Waals surface area contributed by atoms with E-state index in [4.69, 9.17) is 33.2 Å². The first-order chi connectivity index (χ1) is 12.9. The molecule has 140 valence electrons. The first-order valence-electron chi connectivity index (χ1n) is 8.21. The molecule has 0 atom stereocenters. The Bertz CT molecular complexity index is 902. The van der Waals surface area contributed by atoms with Gasteiger partial charge in [0.2, 0.25) is 0 Å². The third-order valence-corrected chi connectivity index (χ3v) is 4.05. The van der Waals surface area contributed by atoms with Crippen LogP contribution in [0.25, 0.3) is 0 Å². The van der Waals surface area contributed by atoms with Gasteiger partial charge in [-0.2, -0.15) is 10.4 Å². The quantitative estimate of drug-likeness (QED) is 0.452. The van der Waals surface area contributed by atoms with Crippen LogP contribution in [0.3, 0.4) is 0 Å². The van der Waals surface area contributed by atoms with E-state index in [9.17, 15) is 0 Å². The highest BCUT2D eigenvalue weighted by Gasteiger charge is 2.13. The van der Waals surface area contributed by atoms with Crippen molar-refractivity contribution < 1.29 is 4.74 Å². The molecule has 27 heavy (non-hydrogen) atoms. The number of aromatic nitrogens is 2. The highest BCUT2D eigenvalue weighted by Crippen LogP contribution is 2.31. The molecule has 0 aliphatic rings. The summed E-state index contributed by atoms with van der Waals surface area (Å²) in [5, 5.41) is 20.4. The molecule has 0 unspecified atom stereocenters. The number of halogens is 2. The van der Waals surface area contributed by atoms with Crippen molar-refractivity contribution in [2.45, 2.75) is 20.4 Å². The van der Waals surface area contributed by atoms with Crippen molar-refractivity contribution in [2.75, 3.05) is 6.54 Å². The van der Waals surface area contributed by atoms with Crippen molar-refractivity contribution in [1.29, 1.82) is 5.26 Å². The topological polar surface area (TPSA) is 73.7 Å². The van der Waals surface area contributed by atoms with Gasteiger partial charge in [0.15, 0.2) is 5.75 Å². The molecule has 1 aromatic heterocycles. The van der Waals surface area contributed by atoms with Crippen LogP contribution in [-0.4, -0.2) is 16.7 Å². The number of aryl methyl sites for hydroxylation is 1. The lowest BCUT2D eigenvalue weighted by Crippen LogP contribution is -2.16. The van der Waals surface area contributed by atoms with Crippen LogP contribution in [0, 0.1) is 18.3 Å². The average molecular weight is 403 g/mol. The summed E-state index contributed by atoms with van der Waals surface area (Å²) in [6.45, 7) is 8.60. The average Bonchev–Trinajstić information content (AvgIpc) is 2.95. The predicted molar refractivity (Wildman–Crippen MR) is 109 cm³/mol. The third kappa shape index (κ3) is 6.30. The molecule has 0 spiro atoms. The van der Waals surface area contributed by atoms with Crippen LogP contribution >= 0.6 is 23.2 Å². The molecule has 5 nitrogen and oxygen atoms in total. The zero-order chi connectivity index (χ0) is 19.8. The second-order valence-corrected chi connectivity index (χ2v) is 6.76. The SMILES string of the molecule is C=C/C(C#N)=C\C=C(/C)CNCc1n[nH]c(C)c1Oc1cc(Cl)cc(Cl)c1. The minimum atomic E-state index is 0.503. The van der Waals surface area contributed by atoms with Crippen LogP contribution in [0.4, 0.5) is 0 Å². The van der Waals surface area contributed by atoms with E-state index in [-0.39, 0.29) is 0 Å². The zero-order valence-electron chi connectivity index (χ0n) is 15.1. The second-order valence-electron chi connectivity index (χ2n) is 5.89. The van der Waals surface area contributed by atoms with Gasteiger partial charge in [0.1, 0.15) is 11.4 Å². The van der Waals surface area contributed by atoms with E-state index < -0.39 is 0 Å². The maximum Gasteiger partial charge on any atom is 0.172 e. The number of nitrogens with zero attached hydrogens (tertiary/aromatic N) is 2. The smallest absolute Gasteiger partial charge is 0.172 e. The van der Waals surface area contributed by atoms with E-state index in [2.05, 4.69) is 28.2 Å². The molecule has 0 saturated heterocycles. The lowest BCUT2D eigenvalue weighted by atomic mass is 10.2. The molecule has 0 saturated carbocycles. The standard InChI is InChI=1S/C20H20Cl2N4O/c1-4-15(10-23)6-5-13(2)11-24-12-19-20(14(3)25-26-19)27-18-8-16(21)7-17(22)9-18/h4-9,24H,1,11-12H2,2-3H3,(H,25,26)/b13-5+,15-6+. The number of hydrogen-bond donors (Lipinski definition) is 2. The van der Waals surface area contributed by atoms with Gasteiger partial charge in [0.25, 0.3) is 0 Å². The molecule has 2 N–H and O–H groups in total. The normalized spacial score (nSPS) is 12.0. The van der Waals surface area contributed by atoms with E-state index >= 15 is 0 Å². The first kappa shape index (κ1) is 20.8. The number of allylic oxidation sites excluding steroid dienone is 4. The molecular formula is C20H20Cl2N4O. The van der Waals surface area contributed by atoms with Gasteiger partial charge >= 0.3 is 0 Å². The van der Waals surface area contributed by atoms with Gasteiger partial charge in [-0.3, -0.25) is 5.10 Å². The lowest BCUT2D eigenvalue weighted by Gasteiger charge is -2.09. The molecule has 0 bridgehead atoms. The number of rotatable bonds is 8. The van der Waals surface area contributed by atoms with E-state index in [0.717, 1.165) is 17.0 Å². The van der Waals surface area contributed by atoms with Crippen molar-refractivity contribution in [2.24, 2.45) is 0 Å². The maximum atomic E-state index is 8.88. The molecule has 2 rings (SSSR count). The van der Waals surface area contributed by atoms with Gasteiger partial charge < -0.3 is 10.1 Å². The Morgan fingerprint density at radius 2 is 2.04 bits per heavy atom. The minimum Gasteiger partial charge on any atom is -0.453 e. The largest absolute Gasteiger partial charge is 0.453 e. The van der Waals surface area contributed by atoms with Gasteiger partial charge in [-0.25, -0.2) is 0 Å². The molecule has 0 amide bonds. The molecule has 0 aliphatic heterocycles. The molecule has 2 aromatic rings. The van der Waals surface area contributed by atoms with Gasteiger partial charge in [0.05, 0.1) is 17.3 Å². The summed E-state index contributed by atoms with van der Waals surface area (Å²) >= 11 is 12.0. The Morgan fingerprint density at radius 1 is 1.33 bits per heavy atom. The number of benzene rings is 1. The fourth-order valence-electron chi connectivity index (χ4n) is 2.25. The number of aromatic amines is 1. The molecule has 0 aliphatic carbocycles. The Labute approximate surface area is 168 Å². The lowest BCUT2D eigenvalue weighted by molar-refractivity contribution is 0.470. The van der Waals surface area contributed by atoms with Gasteiger partial charge in [-0.15, -0.1) is 0 Å². The second kappa shape index (κ2) is 9.98. The summed E-state index contributed by atoms with van der Waals surface area (Å²) in [7, 11) is 0. The Balaban J connectivity index is 2.02. The summed E-state index contributed by atoms with van der Waals surface area (Å²) in [4.78, 5) is 0. The summed E-state index contributed by atoms with van der Waals surface area (Å²) in [6.07, 6.45) is 5.14. The van der Waals surface area contributed by atoms with Crippen LogP contribution in [-0.2, 0) is 6.54 Å². The number of H-pyrrole nitrogens is 1. The zero-order valence-corrected chi connectivity index (χ0v) is 16.7. The van der Waals surface area contributed by atoms with Gasteiger partial charge in [-0.1, -0.05) is 47.5 Å². The van der Waals surface area contributed by atoms with Crippen LogP contribution in [0.5, 0.6) is 11.5 Å². The van der Waals surface area contributed by atoms with Crippen molar-refractivity contribution in [3.63, 3.8) is 0 Å². The van der Waals surface area contributed by atoms with Crippen LogP contribution in [0.15, 0.2) is 54.2 Å². The van der Waals surface area contributed by atoms with E-state index in [1.165, 1.54) is 6.08 Å². The minimum absolute atomic E-state index is 0.503. The van der Waals surface area contributed by atoms with Crippen molar-refractivity contribution >= 4 is 23.2 Å². The van der Waals surface area contributed by atoms with Crippen LogP contribution < -0.4 is 10.1 Å². The summed E-state index contributed by atoms with van der Waals surface area (Å²) in [5.41, 5.74) is 3.15. The predicted octanol–water partition coefficient (Wildman–Crippen LogP) is 5.49. The molecule has 0 radical (unpaired) electrons. The summed E-state index contributed by atoms with van der Waals surface area (Å²) < 4.78 is 5.93. The summed E-state index contributed by atoms with van der Waals surface area (Å²) in [6, 6.07) is 7.10. The monoisotopic (exact) mass is 402 g/mol. The van der Waals surface area contributed by atoms with E-state index in [0.29, 0.717) is 40.2 Å². The maximum absolute atomic E-state index is 8.88. The van der Waals surface area contributed by atoms with Crippen LogP contribution in [0.2, 0.25) is 10.0 Å². The van der Waals surface area contributed by atoms with Gasteiger partial charge in [0, 0.05) is 23.1 Å². The number of hydrogen-bond acceptors (Lipinski definition) is 4. The van der Waals surface area contributed by atoms with Crippen molar-refractivity contribution in [3.05, 3.63) is 75.6 Å². The molecule has 1 heterocycles. The Morgan fingerprint density at radius 3 is 2.67 bits per heavy atom.